The summed E-state index contributed by atoms with van der Waals surface area (Å²) in [5, 5.41) is 0. The quantitative estimate of drug-likeness (QED) is 0.513. The summed E-state index contributed by atoms with van der Waals surface area (Å²) in [7, 11) is 0. The van der Waals surface area contributed by atoms with Gasteiger partial charge in [0.05, 0.1) is 0 Å². The van der Waals surface area contributed by atoms with Crippen molar-refractivity contribution in [1.82, 2.24) is 0 Å². The van der Waals surface area contributed by atoms with Crippen molar-refractivity contribution in [1.29, 1.82) is 0 Å². The summed E-state index contributed by atoms with van der Waals surface area (Å²) >= 11 is 0. The predicted molar refractivity (Wildman–Crippen MR) is 107 cm³/mol. The molecule has 0 aromatic heterocycles. The summed E-state index contributed by atoms with van der Waals surface area (Å²) in [5.41, 5.74) is 1.16. The second-order valence-electron chi connectivity index (χ2n) is 9.46. The number of Topliss-reactive ketones (excluding diaryl/α,β-unsaturated/α-hetero) is 1. The van der Waals surface area contributed by atoms with Crippen LogP contribution in [0, 0.1) is 23.7 Å². The molecule has 0 N–H and O–H groups in total. The van der Waals surface area contributed by atoms with Crippen molar-refractivity contribution in [2.45, 2.75) is 110 Å². The standard InChI is InChI=1S/C24H40O/c1-19-7-4-13-23(17-15-19)24(25)14-6-9-20-8-5-12-21-10-2-3-11-22(21)18-16-20/h17,19-22H,2-16,18H2,1H3. The molecule has 4 atom stereocenters. The smallest absolute Gasteiger partial charge is 0.158 e. The Balaban J connectivity index is 1.38. The maximum Gasteiger partial charge on any atom is 0.158 e. The van der Waals surface area contributed by atoms with Crippen molar-refractivity contribution in [3.8, 4) is 0 Å². The zero-order valence-electron chi connectivity index (χ0n) is 16.6. The van der Waals surface area contributed by atoms with E-state index < -0.39 is 0 Å². The Morgan fingerprint density at radius 3 is 2.52 bits per heavy atom. The van der Waals surface area contributed by atoms with Gasteiger partial charge < -0.3 is 0 Å². The second-order valence-corrected chi connectivity index (χ2v) is 9.46. The van der Waals surface area contributed by atoms with Crippen molar-refractivity contribution in [2.24, 2.45) is 23.7 Å². The molecule has 1 heteroatoms. The van der Waals surface area contributed by atoms with E-state index >= 15 is 0 Å². The lowest BCUT2D eigenvalue weighted by atomic mass is 9.71. The van der Waals surface area contributed by atoms with Crippen molar-refractivity contribution in [2.75, 3.05) is 0 Å². The molecular weight excluding hydrogens is 304 g/mol. The van der Waals surface area contributed by atoms with E-state index in [-0.39, 0.29) is 0 Å². The van der Waals surface area contributed by atoms with Gasteiger partial charge in [0.1, 0.15) is 0 Å². The number of hydrogen-bond donors (Lipinski definition) is 0. The van der Waals surface area contributed by atoms with E-state index in [1.807, 2.05) is 0 Å². The maximum atomic E-state index is 12.5. The SMILES string of the molecule is CC1CC=C(C(=O)CCCC2CCCC3CCCCC3CC2)CCC1. The van der Waals surface area contributed by atoms with Gasteiger partial charge in [-0.25, -0.2) is 0 Å². The fourth-order valence-electron chi connectivity index (χ4n) is 5.77. The first kappa shape index (κ1) is 19.2. The Morgan fingerprint density at radius 2 is 1.68 bits per heavy atom. The molecule has 0 saturated heterocycles. The van der Waals surface area contributed by atoms with Gasteiger partial charge in [-0.3, -0.25) is 4.79 Å². The summed E-state index contributed by atoms with van der Waals surface area (Å²) in [6.07, 6.45) is 23.4. The van der Waals surface area contributed by atoms with Gasteiger partial charge in [0.15, 0.2) is 5.78 Å². The monoisotopic (exact) mass is 344 g/mol. The zero-order valence-corrected chi connectivity index (χ0v) is 16.6. The van der Waals surface area contributed by atoms with E-state index in [0.29, 0.717) is 5.78 Å². The van der Waals surface area contributed by atoms with Crippen LogP contribution in [-0.2, 0) is 4.79 Å². The highest BCUT2D eigenvalue weighted by atomic mass is 16.1. The van der Waals surface area contributed by atoms with Crippen LogP contribution >= 0.6 is 0 Å². The molecule has 0 aliphatic heterocycles. The third kappa shape index (κ3) is 5.97. The lowest BCUT2D eigenvalue weighted by molar-refractivity contribution is -0.115. The second kappa shape index (κ2) is 9.93. The van der Waals surface area contributed by atoms with E-state index in [1.165, 1.54) is 77.0 Å². The van der Waals surface area contributed by atoms with Crippen LogP contribution in [0.4, 0.5) is 0 Å². The number of fused-ring (bicyclic) bond motifs is 1. The number of carbonyl (C=O) groups is 1. The van der Waals surface area contributed by atoms with Crippen LogP contribution in [0.3, 0.4) is 0 Å². The van der Waals surface area contributed by atoms with Gasteiger partial charge in [-0.1, -0.05) is 77.2 Å². The summed E-state index contributed by atoms with van der Waals surface area (Å²) < 4.78 is 0. The minimum absolute atomic E-state index is 0.465. The van der Waals surface area contributed by atoms with Gasteiger partial charge in [-0.05, 0) is 61.3 Å². The summed E-state index contributed by atoms with van der Waals surface area (Å²) in [5.74, 6) is 4.23. The Labute approximate surface area is 156 Å². The van der Waals surface area contributed by atoms with E-state index in [1.54, 1.807) is 0 Å². The molecule has 0 heterocycles. The lowest BCUT2D eigenvalue weighted by Crippen LogP contribution is -2.22. The van der Waals surface area contributed by atoms with Crippen LogP contribution in [0.25, 0.3) is 0 Å². The summed E-state index contributed by atoms with van der Waals surface area (Å²) in [6, 6.07) is 0. The molecule has 142 valence electrons. The third-order valence-corrected chi connectivity index (χ3v) is 7.48. The Morgan fingerprint density at radius 1 is 0.920 bits per heavy atom. The number of allylic oxidation sites excluding steroid dienone is 2. The average Bonchev–Trinajstić information content (AvgIpc) is 2.82. The number of hydrogen-bond acceptors (Lipinski definition) is 1. The molecule has 3 aliphatic rings. The van der Waals surface area contributed by atoms with E-state index in [2.05, 4.69) is 13.0 Å². The van der Waals surface area contributed by atoms with Crippen LogP contribution in [0.5, 0.6) is 0 Å². The normalized spacial score (nSPS) is 34.2. The molecule has 0 aromatic rings. The molecule has 3 aliphatic carbocycles. The van der Waals surface area contributed by atoms with Crippen LogP contribution in [0.2, 0.25) is 0 Å². The van der Waals surface area contributed by atoms with Gasteiger partial charge in [-0.15, -0.1) is 0 Å². The predicted octanol–water partition coefficient (Wildman–Crippen LogP) is 7.25. The zero-order chi connectivity index (χ0) is 17.5. The first-order valence-corrected chi connectivity index (χ1v) is 11.4. The third-order valence-electron chi connectivity index (χ3n) is 7.48. The van der Waals surface area contributed by atoms with Crippen LogP contribution in [0.1, 0.15) is 110 Å². The van der Waals surface area contributed by atoms with Gasteiger partial charge in [0.25, 0.3) is 0 Å². The molecular formula is C24H40O. The molecule has 4 unspecified atom stereocenters. The number of rotatable bonds is 5. The van der Waals surface area contributed by atoms with Crippen molar-refractivity contribution in [3.63, 3.8) is 0 Å². The largest absolute Gasteiger partial charge is 0.295 e. The lowest BCUT2D eigenvalue weighted by Gasteiger charge is -2.35. The molecule has 0 bridgehead atoms. The Bertz CT molecular complexity index is 449. The highest BCUT2D eigenvalue weighted by Crippen LogP contribution is 2.40. The van der Waals surface area contributed by atoms with Crippen molar-refractivity contribution in [3.05, 3.63) is 11.6 Å². The van der Waals surface area contributed by atoms with Gasteiger partial charge in [0, 0.05) is 6.42 Å². The van der Waals surface area contributed by atoms with Crippen molar-refractivity contribution < 1.29 is 4.79 Å². The fourth-order valence-corrected chi connectivity index (χ4v) is 5.77. The first-order chi connectivity index (χ1) is 12.2. The van der Waals surface area contributed by atoms with Crippen molar-refractivity contribution >= 4 is 5.78 Å². The van der Waals surface area contributed by atoms with Crippen LogP contribution in [0.15, 0.2) is 11.6 Å². The van der Waals surface area contributed by atoms with Gasteiger partial charge in [-0.2, -0.15) is 0 Å². The topological polar surface area (TPSA) is 17.1 Å². The average molecular weight is 345 g/mol. The maximum absolute atomic E-state index is 12.5. The fraction of sp³-hybridized carbons (Fsp3) is 0.875. The molecule has 0 amide bonds. The highest BCUT2D eigenvalue weighted by molar-refractivity contribution is 5.95. The van der Waals surface area contributed by atoms with Crippen LogP contribution in [-0.4, -0.2) is 5.78 Å². The first-order valence-electron chi connectivity index (χ1n) is 11.4. The minimum Gasteiger partial charge on any atom is -0.295 e. The van der Waals surface area contributed by atoms with E-state index in [4.69, 9.17) is 0 Å². The minimum atomic E-state index is 0.465. The highest BCUT2D eigenvalue weighted by Gasteiger charge is 2.27. The van der Waals surface area contributed by atoms with E-state index in [0.717, 1.165) is 54.9 Å². The number of ketones is 1. The number of carbonyl (C=O) groups excluding carboxylic acids is 1. The van der Waals surface area contributed by atoms with Crippen LogP contribution < -0.4 is 0 Å². The molecule has 2 saturated carbocycles. The summed E-state index contributed by atoms with van der Waals surface area (Å²) in [6.45, 7) is 2.31. The Kier molecular flexibility index (Phi) is 7.62. The molecule has 25 heavy (non-hydrogen) atoms. The molecule has 1 nitrogen and oxygen atoms in total. The molecule has 2 fully saturated rings. The summed E-state index contributed by atoms with van der Waals surface area (Å²) in [4.78, 5) is 12.5. The Hall–Kier alpha value is -0.590. The van der Waals surface area contributed by atoms with E-state index in [9.17, 15) is 4.79 Å². The molecule has 0 radical (unpaired) electrons. The van der Waals surface area contributed by atoms with Gasteiger partial charge >= 0.3 is 0 Å². The molecule has 0 aromatic carbocycles. The molecule has 3 rings (SSSR count). The molecule has 0 spiro atoms. The van der Waals surface area contributed by atoms with Gasteiger partial charge in [0.2, 0.25) is 0 Å².